The van der Waals surface area contributed by atoms with Crippen molar-refractivity contribution in [3.05, 3.63) is 17.5 Å². The van der Waals surface area contributed by atoms with Gasteiger partial charge in [0.1, 0.15) is 5.76 Å². The largest absolute Gasteiger partial charge is 0.361 e. The van der Waals surface area contributed by atoms with Crippen molar-refractivity contribution in [1.82, 2.24) is 10.1 Å². The van der Waals surface area contributed by atoms with Crippen molar-refractivity contribution in [2.45, 2.75) is 20.3 Å². The van der Waals surface area contributed by atoms with Crippen LogP contribution in [0.5, 0.6) is 0 Å². The molecule has 1 aromatic rings. The third-order valence-corrected chi connectivity index (χ3v) is 2.34. The van der Waals surface area contributed by atoms with Gasteiger partial charge in [0.25, 0.3) is 5.91 Å². The number of nitrogens with zero attached hydrogens (tertiary/aromatic N) is 2. The average molecular weight is 231 g/mol. The van der Waals surface area contributed by atoms with E-state index in [1.54, 1.807) is 17.9 Å². The molecule has 1 rings (SSSR count). The predicted molar refractivity (Wildman–Crippen MR) is 58.2 cm³/mol. The molecule has 0 aliphatic carbocycles. The van der Waals surface area contributed by atoms with Crippen molar-refractivity contribution >= 4 is 17.5 Å². The first kappa shape index (κ1) is 12.0. The Morgan fingerprint density at radius 1 is 1.67 bits per heavy atom. The molecule has 0 saturated heterocycles. The Labute approximate surface area is 94.2 Å². The van der Waals surface area contributed by atoms with Gasteiger partial charge >= 0.3 is 0 Å². The Hall–Kier alpha value is -1.03. The summed E-state index contributed by atoms with van der Waals surface area (Å²) in [6, 6.07) is 1.64. The molecule has 0 aromatic carbocycles. The number of aryl methyl sites for hydroxylation is 1. The lowest BCUT2D eigenvalue weighted by atomic mass is 10.3. The van der Waals surface area contributed by atoms with Crippen LogP contribution in [0.25, 0.3) is 0 Å². The number of carbonyl (C=O) groups excluding carboxylic acids is 1. The third-order valence-electron chi connectivity index (χ3n) is 2.08. The zero-order valence-electron chi connectivity index (χ0n) is 8.99. The van der Waals surface area contributed by atoms with Crippen molar-refractivity contribution in [2.75, 3.05) is 19.0 Å². The molecular formula is C10H15ClN2O2. The molecule has 15 heavy (non-hydrogen) atoms. The molecule has 0 spiro atoms. The molecule has 0 atom stereocenters. The molecule has 84 valence electrons. The van der Waals surface area contributed by atoms with Gasteiger partial charge in [-0.05, 0) is 20.3 Å². The Morgan fingerprint density at radius 2 is 2.40 bits per heavy atom. The molecule has 1 amide bonds. The average Bonchev–Trinajstić information content (AvgIpc) is 2.65. The van der Waals surface area contributed by atoms with Gasteiger partial charge < -0.3 is 9.42 Å². The van der Waals surface area contributed by atoms with E-state index in [0.29, 0.717) is 30.4 Å². The fourth-order valence-electron chi connectivity index (χ4n) is 1.28. The van der Waals surface area contributed by atoms with E-state index >= 15 is 0 Å². The van der Waals surface area contributed by atoms with E-state index in [1.807, 2.05) is 6.92 Å². The molecule has 0 radical (unpaired) electrons. The molecule has 4 nitrogen and oxygen atoms in total. The van der Waals surface area contributed by atoms with E-state index in [9.17, 15) is 4.79 Å². The Morgan fingerprint density at radius 3 is 2.87 bits per heavy atom. The van der Waals surface area contributed by atoms with Crippen LogP contribution < -0.4 is 0 Å². The zero-order valence-corrected chi connectivity index (χ0v) is 9.75. The minimum atomic E-state index is -0.0977. The summed E-state index contributed by atoms with van der Waals surface area (Å²) in [6.45, 7) is 5.00. The number of halogens is 1. The van der Waals surface area contributed by atoms with Gasteiger partial charge in [-0.3, -0.25) is 4.79 Å². The number of carbonyl (C=O) groups is 1. The highest BCUT2D eigenvalue weighted by Crippen LogP contribution is 2.06. The van der Waals surface area contributed by atoms with Gasteiger partial charge in [-0.15, -0.1) is 11.6 Å². The first-order valence-corrected chi connectivity index (χ1v) is 5.51. The van der Waals surface area contributed by atoms with Gasteiger partial charge in [-0.2, -0.15) is 0 Å². The topological polar surface area (TPSA) is 46.3 Å². The predicted octanol–water partition coefficient (Wildman–Crippen LogP) is 2.07. The van der Waals surface area contributed by atoms with Crippen LogP contribution in [0.4, 0.5) is 0 Å². The van der Waals surface area contributed by atoms with Gasteiger partial charge in [0.15, 0.2) is 5.69 Å². The van der Waals surface area contributed by atoms with E-state index in [0.717, 1.165) is 6.42 Å². The quantitative estimate of drug-likeness (QED) is 0.728. The molecule has 0 saturated carbocycles. The smallest absolute Gasteiger partial charge is 0.276 e. The van der Waals surface area contributed by atoms with Crippen molar-refractivity contribution in [2.24, 2.45) is 0 Å². The monoisotopic (exact) mass is 230 g/mol. The van der Waals surface area contributed by atoms with E-state index in [2.05, 4.69) is 5.16 Å². The molecule has 0 unspecified atom stereocenters. The van der Waals surface area contributed by atoms with Gasteiger partial charge in [0.05, 0.1) is 0 Å². The van der Waals surface area contributed by atoms with Crippen molar-refractivity contribution in [3.63, 3.8) is 0 Å². The highest BCUT2D eigenvalue weighted by Gasteiger charge is 2.17. The summed E-state index contributed by atoms with van der Waals surface area (Å²) >= 11 is 5.59. The van der Waals surface area contributed by atoms with E-state index in [1.165, 1.54) is 0 Å². The SMILES string of the molecule is CCN(CCCCl)C(=O)c1cc(C)on1. The van der Waals surface area contributed by atoms with E-state index in [-0.39, 0.29) is 5.91 Å². The standard InChI is InChI=1S/C10H15ClN2O2/c1-3-13(6-4-5-11)10(14)9-7-8(2)15-12-9/h7H,3-6H2,1-2H3. The summed E-state index contributed by atoms with van der Waals surface area (Å²) in [5, 5.41) is 3.69. The molecular weight excluding hydrogens is 216 g/mol. The van der Waals surface area contributed by atoms with Crippen molar-refractivity contribution in [3.8, 4) is 0 Å². The Balaban J connectivity index is 2.64. The van der Waals surface area contributed by atoms with Crippen LogP contribution in [-0.2, 0) is 0 Å². The van der Waals surface area contributed by atoms with Gasteiger partial charge in [-0.1, -0.05) is 5.16 Å². The van der Waals surface area contributed by atoms with Gasteiger partial charge in [0, 0.05) is 25.0 Å². The maximum Gasteiger partial charge on any atom is 0.276 e. The second kappa shape index (κ2) is 5.75. The molecule has 0 N–H and O–H groups in total. The molecule has 0 fully saturated rings. The van der Waals surface area contributed by atoms with Crippen LogP contribution in [0, 0.1) is 6.92 Å². The molecule has 1 aromatic heterocycles. The molecule has 0 bridgehead atoms. The maximum absolute atomic E-state index is 11.9. The first-order valence-electron chi connectivity index (χ1n) is 4.97. The van der Waals surface area contributed by atoms with Crippen LogP contribution in [-0.4, -0.2) is 34.9 Å². The molecule has 5 heteroatoms. The number of rotatable bonds is 5. The van der Waals surface area contributed by atoms with E-state index < -0.39 is 0 Å². The minimum Gasteiger partial charge on any atom is -0.361 e. The van der Waals surface area contributed by atoms with Crippen LogP contribution in [0.15, 0.2) is 10.6 Å². The molecule has 0 aliphatic rings. The lowest BCUT2D eigenvalue weighted by molar-refractivity contribution is 0.0754. The minimum absolute atomic E-state index is 0.0977. The summed E-state index contributed by atoms with van der Waals surface area (Å²) < 4.78 is 4.86. The molecule has 0 aliphatic heterocycles. The first-order chi connectivity index (χ1) is 7.19. The lowest BCUT2D eigenvalue weighted by Gasteiger charge is -2.18. The van der Waals surface area contributed by atoms with Crippen LogP contribution in [0.2, 0.25) is 0 Å². The van der Waals surface area contributed by atoms with E-state index in [4.69, 9.17) is 16.1 Å². The number of aromatic nitrogens is 1. The Bertz CT molecular complexity index is 325. The fourth-order valence-corrected chi connectivity index (χ4v) is 1.40. The third kappa shape index (κ3) is 3.23. The summed E-state index contributed by atoms with van der Waals surface area (Å²) in [4.78, 5) is 13.6. The van der Waals surface area contributed by atoms with Crippen LogP contribution in [0.1, 0.15) is 29.6 Å². The van der Waals surface area contributed by atoms with Crippen molar-refractivity contribution < 1.29 is 9.32 Å². The molecule has 1 heterocycles. The highest BCUT2D eigenvalue weighted by atomic mass is 35.5. The van der Waals surface area contributed by atoms with Gasteiger partial charge in [0.2, 0.25) is 0 Å². The van der Waals surface area contributed by atoms with Crippen molar-refractivity contribution in [1.29, 1.82) is 0 Å². The van der Waals surface area contributed by atoms with Crippen LogP contribution in [0.3, 0.4) is 0 Å². The fraction of sp³-hybridized carbons (Fsp3) is 0.600. The van der Waals surface area contributed by atoms with Gasteiger partial charge in [-0.25, -0.2) is 0 Å². The highest BCUT2D eigenvalue weighted by molar-refractivity contribution is 6.17. The maximum atomic E-state index is 11.9. The second-order valence-corrected chi connectivity index (χ2v) is 3.63. The normalized spacial score (nSPS) is 10.3. The number of hydrogen-bond donors (Lipinski definition) is 0. The zero-order chi connectivity index (χ0) is 11.3. The summed E-state index contributed by atoms with van der Waals surface area (Å²) in [5.74, 6) is 1.10. The lowest BCUT2D eigenvalue weighted by Crippen LogP contribution is -2.32. The summed E-state index contributed by atoms with van der Waals surface area (Å²) in [5.41, 5.74) is 0.365. The summed E-state index contributed by atoms with van der Waals surface area (Å²) in [6.07, 6.45) is 0.790. The number of amides is 1. The number of hydrogen-bond acceptors (Lipinski definition) is 3. The number of alkyl halides is 1. The second-order valence-electron chi connectivity index (χ2n) is 3.25. The Kier molecular flexibility index (Phi) is 4.62. The summed E-state index contributed by atoms with van der Waals surface area (Å²) in [7, 11) is 0. The van der Waals surface area contributed by atoms with Crippen LogP contribution >= 0.6 is 11.6 Å².